The molecule has 0 fully saturated rings. The minimum absolute atomic E-state index is 0.00316. The van der Waals surface area contributed by atoms with Crippen molar-refractivity contribution in [1.29, 1.82) is 5.26 Å². The minimum Gasteiger partial charge on any atom is -0.507 e. The fourth-order valence-electron chi connectivity index (χ4n) is 3.69. The SMILES string of the molecule is Cc1ccc([N+](=O)[O-])c(Cn2ccc3c(/C=N/NC(=O)c4ccc(O)c(C#N)c4)cccc32)c1. The molecule has 34 heavy (non-hydrogen) atoms. The molecule has 168 valence electrons. The predicted octanol–water partition coefficient (Wildman–Crippen LogP) is 4.25. The molecule has 0 aliphatic carbocycles. The van der Waals surface area contributed by atoms with Crippen LogP contribution in [0.15, 0.2) is 72.0 Å². The van der Waals surface area contributed by atoms with E-state index >= 15 is 0 Å². The van der Waals surface area contributed by atoms with Gasteiger partial charge in [0, 0.05) is 39.9 Å². The van der Waals surface area contributed by atoms with Gasteiger partial charge in [0.15, 0.2) is 0 Å². The largest absolute Gasteiger partial charge is 0.507 e. The van der Waals surface area contributed by atoms with E-state index in [9.17, 15) is 20.0 Å². The monoisotopic (exact) mass is 453 g/mol. The summed E-state index contributed by atoms with van der Waals surface area (Å²) in [6.45, 7) is 2.23. The highest BCUT2D eigenvalue weighted by molar-refractivity contribution is 6.00. The first-order valence-electron chi connectivity index (χ1n) is 10.3. The van der Waals surface area contributed by atoms with Crippen LogP contribution in [0.25, 0.3) is 10.9 Å². The molecule has 0 saturated carbocycles. The van der Waals surface area contributed by atoms with E-state index in [-0.39, 0.29) is 27.5 Å². The average Bonchev–Trinajstić information content (AvgIpc) is 3.22. The molecular weight excluding hydrogens is 434 g/mol. The number of nitriles is 1. The fourth-order valence-corrected chi connectivity index (χ4v) is 3.69. The number of carbonyl (C=O) groups excluding carboxylic acids is 1. The van der Waals surface area contributed by atoms with Crippen molar-refractivity contribution < 1.29 is 14.8 Å². The molecule has 0 radical (unpaired) electrons. The number of nitrogens with one attached hydrogen (secondary N) is 1. The molecular formula is C25H19N5O4. The Morgan fingerprint density at radius 2 is 2.06 bits per heavy atom. The smallest absolute Gasteiger partial charge is 0.274 e. The zero-order chi connectivity index (χ0) is 24.2. The first kappa shape index (κ1) is 22.2. The van der Waals surface area contributed by atoms with Crippen molar-refractivity contribution in [3.63, 3.8) is 0 Å². The number of hydrogen-bond acceptors (Lipinski definition) is 6. The standard InChI is InChI=1S/C25H19N5O4/c1-16-5-7-22(30(33)34)20(11-16)15-29-10-9-21-18(3-2-4-23(21)29)14-27-28-25(32)17-6-8-24(31)19(12-17)13-26/h2-12,14,31H,15H2,1H3,(H,28,32)/b27-14+. The number of hydrazone groups is 1. The lowest BCUT2D eigenvalue weighted by atomic mass is 10.1. The predicted molar refractivity (Wildman–Crippen MR) is 127 cm³/mol. The second-order valence-electron chi connectivity index (χ2n) is 7.66. The van der Waals surface area contributed by atoms with Crippen molar-refractivity contribution in [2.24, 2.45) is 5.10 Å². The van der Waals surface area contributed by atoms with Crippen LogP contribution in [0.4, 0.5) is 5.69 Å². The summed E-state index contributed by atoms with van der Waals surface area (Å²) in [5, 5.41) is 34.9. The summed E-state index contributed by atoms with van der Waals surface area (Å²) >= 11 is 0. The minimum atomic E-state index is -0.524. The van der Waals surface area contributed by atoms with Gasteiger partial charge in [0.05, 0.1) is 23.2 Å². The fraction of sp³-hybridized carbons (Fsp3) is 0.0800. The number of phenolic OH excluding ortho intramolecular Hbond substituents is 1. The van der Waals surface area contributed by atoms with Gasteiger partial charge in [-0.15, -0.1) is 0 Å². The number of nitro benzene ring substituents is 1. The Bertz CT molecular complexity index is 1500. The highest BCUT2D eigenvalue weighted by atomic mass is 16.6. The molecule has 4 rings (SSSR count). The number of phenols is 1. The molecule has 0 aliphatic heterocycles. The Morgan fingerprint density at radius 3 is 2.82 bits per heavy atom. The molecule has 0 saturated heterocycles. The normalized spacial score (nSPS) is 10.9. The van der Waals surface area contributed by atoms with Crippen molar-refractivity contribution in [2.75, 3.05) is 0 Å². The third kappa shape index (κ3) is 4.47. The molecule has 2 N–H and O–H groups in total. The summed E-state index contributed by atoms with van der Waals surface area (Å²) < 4.78 is 1.92. The summed E-state index contributed by atoms with van der Waals surface area (Å²) in [6.07, 6.45) is 3.36. The van der Waals surface area contributed by atoms with E-state index in [1.165, 1.54) is 30.5 Å². The van der Waals surface area contributed by atoms with Crippen LogP contribution < -0.4 is 5.43 Å². The zero-order valence-corrected chi connectivity index (χ0v) is 18.1. The lowest BCUT2D eigenvalue weighted by Crippen LogP contribution is -2.17. The highest BCUT2D eigenvalue weighted by Gasteiger charge is 2.15. The Labute approximate surface area is 194 Å². The number of amides is 1. The maximum atomic E-state index is 12.3. The van der Waals surface area contributed by atoms with Gasteiger partial charge in [0.2, 0.25) is 0 Å². The molecule has 1 aromatic heterocycles. The van der Waals surface area contributed by atoms with E-state index in [2.05, 4.69) is 10.5 Å². The van der Waals surface area contributed by atoms with Crippen LogP contribution >= 0.6 is 0 Å². The number of nitrogens with zero attached hydrogens (tertiary/aromatic N) is 4. The average molecular weight is 453 g/mol. The highest BCUT2D eigenvalue weighted by Crippen LogP contribution is 2.25. The van der Waals surface area contributed by atoms with E-state index in [1.807, 2.05) is 54.1 Å². The molecule has 0 bridgehead atoms. The third-order valence-corrected chi connectivity index (χ3v) is 5.37. The number of nitro groups is 1. The molecule has 9 nitrogen and oxygen atoms in total. The number of aromatic hydroxyl groups is 1. The Balaban J connectivity index is 1.56. The van der Waals surface area contributed by atoms with E-state index in [0.717, 1.165) is 22.0 Å². The van der Waals surface area contributed by atoms with Crippen molar-refractivity contribution in [3.8, 4) is 11.8 Å². The number of carbonyl (C=O) groups is 1. The first-order valence-corrected chi connectivity index (χ1v) is 10.3. The second kappa shape index (κ2) is 9.26. The lowest BCUT2D eigenvalue weighted by molar-refractivity contribution is -0.385. The van der Waals surface area contributed by atoms with Crippen molar-refractivity contribution in [3.05, 3.63) is 105 Å². The number of aryl methyl sites for hydroxylation is 1. The van der Waals surface area contributed by atoms with Gasteiger partial charge in [-0.3, -0.25) is 14.9 Å². The van der Waals surface area contributed by atoms with E-state index in [4.69, 9.17) is 5.26 Å². The first-order chi connectivity index (χ1) is 16.4. The molecule has 0 spiro atoms. The van der Waals surface area contributed by atoms with Gasteiger partial charge in [-0.1, -0.05) is 23.8 Å². The molecule has 0 aliphatic rings. The van der Waals surface area contributed by atoms with Gasteiger partial charge < -0.3 is 9.67 Å². The Kier molecular flexibility index (Phi) is 6.05. The quantitative estimate of drug-likeness (QED) is 0.256. The summed E-state index contributed by atoms with van der Waals surface area (Å²) in [5.41, 5.74) is 5.84. The number of rotatable bonds is 6. The maximum absolute atomic E-state index is 12.3. The summed E-state index contributed by atoms with van der Waals surface area (Å²) in [4.78, 5) is 23.4. The van der Waals surface area contributed by atoms with Crippen LogP contribution in [-0.2, 0) is 6.54 Å². The summed E-state index contributed by atoms with van der Waals surface area (Å²) in [6, 6.07) is 18.3. The maximum Gasteiger partial charge on any atom is 0.274 e. The number of fused-ring (bicyclic) bond motifs is 1. The van der Waals surface area contributed by atoms with E-state index in [0.29, 0.717) is 12.1 Å². The molecule has 1 amide bonds. The van der Waals surface area contributed by atoms with E-state index < -0.39 is 5.91 Å². The molecule has 9 heteroatoms. The molecule has 3 aromatic carbocycles. The van der Waals surface area contributed by atoms with Crippen LogP contribution in [0, 0.1) is 28.4 Å². The van der Waals surface area contributed by atoms with E-state index in [1.54, 1.807) is 6.07 Å². The van der Waals surface area contributed by atoms with Gasteiger partial charge >= 0.3 is 0 Å². The summed E-state index contributed by atoms with van der Waals surface area (Å²) in [5.74, 6) is -0.723. The Hall–Kier alpha value is -4.97. The van der Waals surface area contributed by atoms with Crippen LogP contribution in [-0.4, -0.2) is 26.7 Å². The second-order valence-corrected chi connectivity index (χ2v) is 7.66. The van der Waals surface area contributed by atoms with Gasteiger partial charge in [0.1, 0.15) is 11.8 Å². The van der Waals surface area contributed by atoms with Gasteiger partial charge in [-0.2, -0.15) is 10.4 Å². The third-order valence-electron chi connectivity index (χ3n) is 5.37. The van der Waals surface area contributed by atoms with Crippen molar-refractivity contribution in [1.82, 2.24) is 9.99 Å². The zero-order valence-electron chi connectivity index (χ0n) is 18.1. The number of aromatic nitrogens is 1. The molecule has 0 atom stereocenters. The molecule has 4 aromatic rings. The van der Waals surface area contributed by atoms with Crippen LogP contribution in [0.2, 0.25) is 0 Å². The van der Waals surface area contributed by atoms with Crippen LogP contribution in [0.3, 0.4) is 0 Å². The number of hydrogen-bond donors (Lipinski definition) is 2. The van der Waals surface area contributed by atoms with Crippen molar-refractivity contribution in [2.45, 2.75) is 13.5 Å². The topological polar surface area (TPSA) is 134 Å². The van der Waals surface area contributed by atoms with Gasteiger partial charge in [-0.25, -0.2) is 5.43 Å². The number of benzene rings is 3. The van der Waals surface area contributed by atoms with Gasteiger partial charge in [-0.05, 0) is 43.3 Å². The summed E-state index contributed by atoms with van der Waals surface area (Å²) in [7, 11) is 0. The van der Waals surface area contributed by atoms with Gasteiger partial charge in [0.25, 0.3) is 11.6 Å². The Morgan fingerprint density at radius 1 is 1.24 bits per heavy atom. The molecule has 0 unspecified atom stereocenters. The van der Waals surface area contributed by atoms with Crippen molar-refractivity contribution >= 4 is 28.7 Å². The molecule has 1 heterocycles. The van der Waals surface area contributed by atoms with Crippen LogP contribution in [0.5, 0.6) is 5.75 Å². The lowest BCUT2D eigenvalue weighted by Gasteiger charge is -2.08. The van der Waals surface area contributed by atoms with Crippen LogP contribution in [0.1, 0.15) is 32.6 Å².